The highest BCUT2D eigenvalue weighted by Gasteiger charge is 2.39. The van der Waals surface area contributed by atoms with Crippen LogP contribution in [0.5, 0.6) is 5.75 Å². The van der Waals surface area contributed by atoms with Crippen LogP contribution in [0.4, 0.5) is 0 Å². The summed E-state index contributed by atoms with van der Waals surface area (Å²) in [5.41, 5.74) is 1.40. The van der Waals surface area contributed by atoms with E-state index in [1.807, 2.05) is 6.07 Å². The zero-order valence-electron chi connectivity index (χ0n) is 14.5. The van der Waals surface area contributed by atoms with Gasteiger partial charge in [0.25, 0.3) is 0 Å². The van der Waals surface area contributed by atoms with Crippen molar-refractivity contribution < 1.29 is 4.74 Å². The second-order valence-corrected chi connectivity index (χ2v) is 6.99. The summed E-state index contributed by atoms with van der Waals surface area (Å²) < 4.78 is 5.42. The van der Waals surface area contributed by atoms with Gasteiger partial charge in [0.05, 0.1) is 12.1 Å². The molecule has 0 spiro atoms. The zero-order chi connectivity index (χ0) is 16.3. The number of rotatable bonds is 5. The third-order valence-electron chi connectivity index (χ3n) is 5.45. The Hall–Kier alpha value is -0.770. The molecule has 1 fully saturated rings. The van der Waals surface area contributed by atoms with E-state index in [-0.39, 0.29) is 5.54 Å². The first-order valence-electron chi connectivity index (χ1n) is 8.16. The average Bonchev–Trinajstić information content (AvgIpc) is 2.54. The molecule has 22 heavy (non-hydrogen) atoms. The van der Waals surface area contributed by atoms with Gasteiger partial charge in [0.15, 0.2) is 0 Å². The Bertz CT molecular complexity index is 496. The molecule has 3 nitrogen and oxygen atoms in total. The first-order valence-corrected chi connectivity index (χ1v) is 8.54. The summed E-state index contributed by atoms with van der Waals surface area (Å²) in [6, 6.07) is 6.94. The minimum Gasteiger partial charge on any atom is -0.495 e. The summed E-state index contributed by atoms with van der Waals surface area (Å²) in [6.45, 7) is 3.35. The van der Waals surface area contributed by atoms with E-state index < -0.39 is 0 Å². The Labute approximate surface area is 140 Å². The van der Waals surface area contributed by atoms with E-state index in [1.54, 1.807) is 7.11 Å². The van der Waals surface area contributed by atoms with Crippen LogP contribution in [0.25, 0.3) is 0 Å². The van der Waals surface area contributed by atoms with Gasteiger partial charge in [-0.05, 0) is 71.1 Å². The summed E-state index contributed by atoms with van der Waals surface area (Å²) in [7, 11) is 8.29. The van der Waals surface area contributed by atoms with Crippen LogP contribution in [0.3, 0.4) is 0 Å². The quantitative estimate of drug-likeness (QED) is 0.814. The van der Waals surface area contributed by atoms with Gasteiger partial charge in [-0.3, -0.25) is 4.90 Å². The minimum absolute atomic E-state index is 0.0863. The van der Waals surface area contributed by atoms with Crippen LogP contribution >= 0.6 is 11.6 Å². The van der Waals surface area contributed by atoms with Gasteiger partial charge in [0, 0.05) is 11.6 Å². The SMILES string of the molecule is CCN(C)C1CCC(c2ccc(Cl)c(OC)c2)(N(C)C)CC1. The maximum absolute atomic E-state index is 6.20. The predicted octanol–water partition coefficient (Wildman–Crippen LogP) is 4.00. The third-order valence-corrected chi connectivity index (χ3v) is 5.76. The molecule has 0 unspecified atom stereocenters. The molecule has 0 saturated heterocycles. The van der Waals surface area contributed by atoms with Gasteiger partial charge in [-0.1, -0.05) is 24.6 Å². The molecule has 0 heterocycles. The summed E-state index contributed by atoms with van der Waals surface area (Å²) in [4.78, 5) is 4.85. The molecule has 0 bridgehead atoms. The van der Waals surface area contributed by atoms with Crippen molar-refractivity contribution in [2.24, 2.45) is 0 Å². The van der Waals surface area contributed by atoms with E-state index in [0.29, 0.717) is 11.1 Å². The van der Waals surface area contributed by atoms with Crippen molar-refractivity contribution in [1.82, 2.24) is 9.80 Å². The second kappa shape index (κ2) is 7.20. The van der Waals surface area contributed by atoms with Crippen molar-refractivity contribution >= 4 is 11.6 Å². The van der Waals surface area contributed by atoms with Gasteiger partial charge in [-0.15, -0.1) is 0 Å². The highest BCUT2D eigenvalue weighted by Crippen LogP contribution is 2.43. The van der Waals surface area contributed by atoms with Gasteiger partial charge in [0.2, 0.25) is 0 Å². The van der Waals surface area contributed by atoms with Crippen molar-refractivity contribution in [1.29, 1.82) is 0 Å². The van der Waals surface area contributed by atoms with Gasteiger partial charge in [0.1, 0.15) is 5.75 Å². The molecule has 4 heteroatoms. The molecule has 0 radical (unpaired) electrons. The third kappa shape index (κ3) is 3.27. The normalized spacial score (nSPS) is 25.7. The highest BCUT2D eigenvalue weighted by atomic mass is 35.5. The number of methoxy groups -OCH3 is 1. The van der Waals surface area contributed by atoms with E-state index in [9.17, 15) is 0 Å². The smallest absolute Gasteiger partial charge is 0.137 e. The number of ether oxygens (including phenoxy) is 1. The molecule has 124 valence electrons. The van der Waals surface area contributed by atoms with Crippen LogP contribution in [0, 0.1) is 0 Å². The van der Waals surface area contributed by atoms with Crippen molar-refractivity contribution in [2.45, 2.75) is 44.2 Å². The van der Waals surface area contributed by atoms with Crippen LogP contribution in [-0.4, -0.2) is 50.6 Å². The van der Waals surface area contributed by atoms with Gasteiger partial charge in [-0.2, -0.15) is 0 Å². The maximum atomic E-state index is 6.20. The molecular formula is C18H29ClN2O. The number of hydrogen-bond donors (Lipinski definition) is 0. The fraction of sp³-hybridized carbons (Fsp3) is 0.667. The monoisotopic (exact) mass is 324 g/mol. The van der Waals surface area contributed by atoms with Gasteiger partial charge < -0.3 is 9.64 Å². The van der Waals surface area contributed by atoms with Crippen LogP contribution in [0.1, 0.15) is 38.2 Å². The Balaban J connectivity index is 2.28. The molecule has 0 atom stereocenters. The number of hydrogen-bond acceptors (Lipinski definition) is 3. The molecule has 1 aliphatic rings. The molecule has 1 aliphatic carbocycles. The van der Waals surface area contributed by atoms with Crippen molar-refractivity contribution in [3.63, 3.8) is 0 Å². The Morgan fingerprint density at radius 1 is 1.23 bits per heavy atom. The summed E-state index contributed by atoms with van der Waals surface area (Å²) in [6.07, 6.45) is 4.79. The predicted molar refractivity (Wildman–Crippen MR) is 93.9 cm³/mol. The lowest BCUT2D eigenvalue weighted by molar-refractivity contribution is 0.0587. The fourth-order valence-electron chi connectivity index (χ4n) is 3.72. The summed E-state index contributed by atoms with van der Waals surface area (Å²) in [5.74, 6) is 0.771. The molecule has 2 rings (SSSR count). The maximum Gasteiger partial charge on any atom is 0.137 e. The van der Waals surface area contributed by atoms with Crippen LogP contribution in [0.2, 0.25) is 5.02 Å². The largest absolute Gasteiger partial charge is 0.495 e. The van der Waals surface area contributed by atoms with Gasteiger partial charge in [-0.25, -0.2) is 0 Å². The molecule has 1 aromatic rings. The highest BCUT2D eigenvalue weighted by molar-refractivity contribution is 6.32. The Kier molecular flexibility index (Phi) is 5.76. The summed E-state index contributed by atoms with van der Waals surface area (Å²) >= 11 is 6.20. The van der Waals surface area contributed by atoms with E-state index in [0.717, 1.165) is 12.3 Å². The zero-order valence-corrected chi connectivity index (χ0v) is 15.3. The van der Waals surface area contributed by atoms with Crippen LogP contribution < -0.4 is 4.74 Å². The van der Waals surface area contributed by atoms with Crippen LogP contribution in [0.15, 0.2) is 18.2 Å². The molecule has 0 aromatic heterocycles. The van der Waals surface area contributed by atoms with E-state index in [2.05, 4.69) is 50.0 Å². The second-order valence-electron chi connectivity index (χ2n) is 6.58. The molecule has 0 N–H and O–H groups in total. The lowest BCUT2D eigenvalue weighted by Crippen LogP contribution is -2.48. The number of halogens is 1. The lowest BCUT2D eigenvalue weighted by atomic mass is 9.73. The van der Waals surface area contributed by atoms with E-state index in [1.165, 1.54) is 31.2 Å². The molecule has 1 aromatic carbocycles. The first-order chi connectivity index (χ1) is 10.4. The molecule has 1 saturated carbocycles. The molecular weight excluding hydrogens is 296 g/mol. The van der Waals surface area contributed by atoms with Crippen molar-refractivity contribution in [3.05, 3.63) is 28.8 Å². The number of nitrogens with zero attached hydrogens (tertiary/aromatic N) is 2. The van der Waals surface area contributed by atoms with E-state index >= 15 is 0 Å². The first kappa shape index (κ1) is 17.6. The van der Waals surface area contributed by atoms with Crippen LogP contribution in [-0.2, 0) is 5.54 Å². The number of benzene rings is 1. The van der Waals surface area contributed by atoms with Gasteiger partial charge >= 0.3 is 0 Å². The lowest BCUT2D eigenvalue weighted by Gasteiger charge is -2.47. The molecule has 0 amide bonds. The van der Waals surface area contributed by atoms with Crippen molar-refractivity contribution in [2.75, 3.05) is 34.8 Å². The van der Waals surface area contributed by atoms with E-state index in [4.69, 9.17) is 16.3 Å². The summed E-state index contributed by atoms with van der Waals surface area (Å²) in [5, 5.41) is 0.680. The Morgan fingerprint density at radius 2 is 1.86 bits per heavy atom. The standard InChI is InChI=1S/C18H29ClN2O/c1-6-21(4)15-9-11-18(12-10-15,20(2)3)14-7-8-16(19)17(13-14)22-5/h7-8,13,15H,6,9-12H2,1-5H3. The topological polar surface area (TPSA) is 15.7 Å². The minimum atomic E-state index is 0.0863. The Morgan fingerprint density at radius 3 is 2.36 bits per heavy atom. The fourth-order valence-corrected chi connectivity index (χ4v) is 3.92. The molecule has 0 aliphatic heterocycles. The van der Waals surface area contributed by atoms with Crippen molar-refractivity contribution in [3.8, 4) is 5.75 Å². The average molecular weight is 325 g/mol.